The second-order valence-corrected chi connectivity index (χ2v) is 5.07. The summed E-state index contributed by atoms with van der Waals surface area (Å²) in [5.41, 5.74) is 0.236. The summed E-state index contributed by atoms with van der Waals surface area (Å²) in [5, 5.41) is 12.9. The standard InChI is InChI=1S/C16H18O3/c1-18-15-5-3-12-10-14(4-2-13(12)11-15)16(17)6-8-19-9-7-16/h2-5,10-11,17H,6-9H2,1H3. The third-order valence-electron chi connectivity index (χ3n) is 3.90. The molecule has 0 aromatic heterocycles. The quantitative estimate of drug-likeness (QED) is 0.900. The predicted molar refractivity (Wildman–Crippen MR) is 74.4 cm³/mol. The Hall–Kier alpha value is -1.58. The Balaban J connectivity index is 2.01. The molecule has 0 aliphatic carbocycles. The van der Waals surface area contributed by atoms with Gasteiger partial charge in [0.15, 0.2) is 0 Å². The van der Waals surface area contributed by atoms with Crippen LogP contribution in [0.1, 0.15) is 18.4 Å². The molecule has 1 aliphatic rings. The lowest BCUT2D eigenvalue weighted by Crippen LogP contribution is -2.33. The van der Waals surface area contributed by atoms with Gasteiger partial charge in [-0.3, -0.25) is 0 Å². The van der Waals surface area contributed by atoms with Crippen LogP contribution in [0.4, 0.5) is 0 Å². The van der Waals surface area contributed by atoms with Gasteiger partial charge in [0.05, 0.1) is 12.7 Å². The SMILES string of the molecule is COc1ccc2cc(C3(O)CCOCC3)ccc2c1. The van der Waals surface area contributed by atoms with E-state index in [2.05, 4.69) is 6.07 Å². The van der Waals surface area contributed by atoms with E-state index in [0.29, 0.717) is 26.1 Å². The highest BCUT2D eigenvalue weighted by molar-refractivity contribution is 5.84. The number of benzene rings is 2. The molecule has 3 heteroatoms. The Morgan fingerprint density at radius 1 is 1.05 bits per heavy atom. The molecule has 1 heterocycles. The zero-order valence-electron chi connectivity index (χ0n) is 11.1. The van der Waals surface area contributed by atoms with Crippen LogP contribution >= 0.6 is 0 Å². The van der Waals surface area contributed by atoms with Crippen molar-refractivity contribution in [2.24, 2.45) is 0 Å². The minimum Gasteiger partial charge on any atom is -0.497 e. The number of rotatable bonds is 2. The summed E-state index contributed by atoms with van der Waals surface area (Å²) < 4.78 is 10.6. The summed E-state index contributed by atoms with van der Waals surface area (Å²) in [6, 6.07) is 12.1. The van der Waals surface area contributed by atoms with Gasteiger partial charge in [0, 0.05) is 26.1 Å². The molecule has 0 amide bonds. The molecule has 1 fully saturated rings. The van der Waals surface area contributed by atoms with Crippen LogP contribution in [0.25, 0.3) is 10.8 Å². The Kier molecular flexibility index (Phi) is 3.17. The van der Waals surface area contributed by atoms with Crippen molar-refractivity contribution in [3.8, 4) is 5.75 Å². The van der Waals surface area contributed by atoms with Crippen LogP contribution < -0.4 is 4.74 Å². The highest BCUT2D eigenvalue weighted by Gasteiger charge is 2.31. The number of aliphatic hydroxyl groups is 1. The van der Waals surface area contributed by atoms with Crippen molar-refractivity contribution in [3.05, 3.63) is 42.0 Å². The molecule has 2 aromatic carbocycles. The third-order valence-corrected chi connectivity index (χ3v) is 3.90. The molecule has 0 radical (unpaired) electrons. The van der Waals surface area contributed by atoms with Crippen LogP contribution in [0.15, 0.2) is 36.4 Å². The fraction of sp³-hybridized carbons (Fsp3) is 0.375. The summed E-state index contributed by atoms with van der Waals surface area (Å²) in [6.07, 6.45) is 1.32. The van der Waals surface area contributed by atoms with Gasteiger partial charge >= 0.3 is 0 Å². The zero-order valence-corrected chi connectivity index (χ0v) is 11.1. The average Bonchev–Trinajstić information content (AvgIpc) is 2.47. The second kappa shape index (κ2) is 4.83. The molecule has 0 atom stereocenters. The third kappa shape index (κ3) is 2.31. The van der Waals surface area contributed by atoms with E-state index < -0.39 is 5.60 Å². The Morgan fingerprint density at radius 2 is 1.74 bits per heavy atom. The number of ether oxygens (including phenoxy) is 2. The molecule has 1 N–H and O–H groups in total. The van der Waals surface area contributed by atoms with Crippen LogP contribution in [0.3, 0.4) is 0 Å². The number of hydrogen-bond acceptors (Lipinski definition) is 3. The molecular formula is C16H18O3. The molecule has 19 heavy (non-hydrogen) atoms. The first-order chi connectivity index (χ1) is 9.21. The smallest absolute Gasteiger partial charge is 0.119 e. The molecule has 0 bridgehead atoms. The van der Waals surface area contributed by atoms with Gasteiger partial charge in [0.25, 0.3) is 0 Å². The monoisotopic (exact) mass is 258 g/mol. The highest BCUT2D eigenvalue weighted by Crippen LogP contribution is 2.34. The molecule has 3 rings (SSSR count). The van der Waals surface area contributed by atoms with Crippen molar-refractivity contribution >= 4 is 10.8 Å². The topological polar surface area (TPSA) is 38.7 Å². The van der Waals surface area contributed by atoms with Crippen LogP contribution in [0.2, 0.25) is 0 Å². The van der Waals surface area contributed by atoms with Gasteiger partial charge in [0.1, 0.15) is 5.75 Å². The average molecular weight is 258 g/mol. The van der Waals surface area contributed by atoms with Gasteiger partial charge in [-0.1, -0.05) is 18.2 Å². The fourth-order valence-corrected chi connectivity index (χ4v) is 2.64. The zero-order chi connectivity index (χ0) is 13.3. The Morgan fingerprint density at radius 3 is 2.47 bits per heavy atom. The van der Waals surface area contributed by atoms with Crippen molar-refractivity contribution in [2.45, 2.75) is 18.4 Å². The molecule has 0 spiro atoms. The highest BCUT2D eigenvalue weighted by atomic mass is 16.5. The van der Waals surface area contributed by atoms with E-state index in [1.807, 2.05) is 30.3 Å². The minimum atomic E-state index is -0.744. The predicted octanol–water partition coefficient (Wildman–Crippen LogP) is 2.85. The van der Waals surface area contributed by atoms with Crippen molar-refractivity contribution < 1.29 is 14.6 Å². The molecule has 0 saturated carbocycles. The second-order valence-electron chi connectivity index (χ2n) is 5.07. The summed E-state index contributed by atoms with van der Waals surface area (Å²) in [7, 11) is 1.67. The lowest BCUT2D eigenvalue weighted by molar-refractivity contribution is -0.0678. The van der Waals surface area contributed by atoms with E-state index in [1.165, 1.54) is 0 Å². The van der Waals surface area contributed by atoms with E-state index in [9.17, 15) is 5.11 Å². The molecular weight excluding hydrogens is 240 g/mol. The summed E-state index contributed by atoms with van der Waals surface area (Å²) in [4.78, 5) is 0. The first-order valence-corrected chi connectivity index (χ1v) is 6.60. The maximum absolute atomic E-state index is 10.7. The van der Waals surface area contributed by atoms with Gasteiger partial charge in [-0.2, -0.15) is 0 Å². The van der Waals surface area contributed by atoms with Gasteiger partial charge in [0.2, 0.25) is 0 Å². The van der Waals surface area contributed by atoms with Crippen molar-refractivity contribution in [2.75, 3.05) is 20.3 Å². The van der Waals surface area contributed by atoms with Crippen LogP contribution in [0, 0.1) is 0 Å². The first kappa shape index (κ1) is 12.5. The maximum atomic E-state index is 10.7. The summed E-state index contributed by atoms with van der Waals surface area (Å²) >= 11 is 0. The van der Waals surface area contributed by atoms with E-state index in [1.54, 1.807) is 7.11 Å². The first-order valence-electron chi connectivity index (χ1n) is 6.60. The molecule has 100 valence electrons. The van der Waals surface area contributed by atoms with Crippen molar-refractivity contribution in [1.29, 1.82) is 0 Å². The van der Waals surface area contributed by atoms with E-state index in [4.69, 9.17) is 9.47 Å². The lowest BCUT2D eigenvalue weighted by Gasteiger charge is -2.32. The number of fused-ring (bicyclic) bond motifs is 1. The van der Waals surface area contributed by atoms with Gasteiger partial charge in [-0.15, -0.1) is 0 Å². The normalized spacial score (nSPS) is 18.4. The van der Waals surface area contributed by atoms with Crippen molar-refractivity contribution in [3.63, 3.8) is 0 Å². The number of methoxy groups -OCH3 is 1. The molecule has 3 nitrogen and oxygen atoms in total. The van der Waals surface area contributed by atoms with E-state index in [-0.39, 0.29) is 0 Å². The van der Waals surface area contributed by atoms with Crippen molar-refractivity contribution in [1.82, 2.24) is 0 Å². The summed E-state index contributed by atoms with van der Waals surface area (Å²) in [6.45, 7) is 1.24. The summed E-state index contributed by atoms with van der Waals surface area (Å²) in [5.74, 6) is 0.852. The molecule has 1 aliphatic heterocycles. The van der Waals surface area contributed by atoms with Crippen LogP contribution in [-0.4, -0.2) is 25.4 Å². The van der Waals surface area contributed by atoms with Gasteiger partial charge in [-0.05, 0) is 34.5 Å². The minimum absolute atomic E-state index is 0.622. The molecule has 1 saturated heterocycles. The molecule has 2 aromatic rings. The Bertz CT molecular complexity index is 586. The maximum Gasteiger partial charge on any atom is 0.119 e. The van der Waals surface area contributed by atoms with E-state index >= 15 is 0 Å². The van der Waals surface area contributed by atoms with Crippen LogP contribution in [0.5, 0.6) is 5.75 Å². The Labute approximate surface area is 112 Å². The lowest BCUT2D eigenvalue weighted by atomic mass is 9.85. The largest absolute Gasteiger partial charge is 0.497 e. The van der Waals surface area contributed by atoms with Crippen LogP contribution in [-0.2, 0) is 10.3 Å². The van der Waals surface area contributed by atoms with E-state index in [0.717, 1.165) is 22.1 Å². The fourth-order valence-electron chi connectivity index (χ4n) is 2.64. The van der Waals surface area contributed by atoms with Gasteiger partial charge < -0.3 is 14.6 Å². The van der Waals surface area contributed by atoms with Gasteiger partial charge in [-0.25, -0.2) is 0 Å². The molecule has 0 unspecified atom stereocenters. The number of hydrogen-bond donors (Lipinski definition) is 1.